The van der Waals surface area contributed by atoms with E-state index in [2.05, 4.69) is 75.1 Å². The Morgan fingerprint density at radius 3 is 2.92 bits per heavy atom. The van der Waals surface area contributed by atoms with E-state index in [1.54, 1.807) is 0 Å². The lowest BCUT2D eigenvalue weighted by molar-refractivity contribution is -0.118. The molecule has 3 heterocycles. The third kappa shape index (κ3) is 3.64. The summed E-state index contributed by atoms with van der Waals surface area (Å²) < 4.78 is 5.45. The van der Waals surface area contributed by atoms with E-state index in [1.165, 1.54) is 11.1 Å². The highest BCUT2D eigenvalue weighted by Gasteiger charge is 2.65. The highest BCUT2D eigenvalue weighted by molar-refractivity contribution is 6.09. The van der Waals surface area contributed by atoms with Gasteiger partial charge in [0.05, 0.1) is 29.8 Å². The molecular weight excluding hydrogens is 448 g/mol. The summed E-state index contributed by atoms with van der Waals surface area (Å²) in [6.07, 6.45) is 13.2. The summed E-state index contributed by atoms with van der Waals surface area (Å²) in [5.41, 5.74) is 6.26. The fraction of sp³-hybridized carbons (Fsp3) is 0.333. The van der Waals surface area contributed by atoms with E-state index >= 15 is 0 Å². The molecule has 7 rings (SSSR count). The molecule has 1 aromatic heterocycles. The quantitative estimate of drug-likeness (QED) is 0.553. The van der Waals surface area contributed by atoms with E-state index in [-0.39, 0.29) is 11.8 Å². The molecule has 1 spiro atoms. The average Bonchev–Trinajstić information content (AvgIpc) is 3.45. The van der Waals surface area contributed by atoms with Gasteiger partial charge in [0.2, 0.25) is 5.91 Å². The maximum Gasteiger partial charge on any atom is 0.235 e. The zero-order chi connectivity index (χ0) is 24.1. The highest BCUT2D eigenvalue weighted by atomic mass is 16.5. The molecule has 3 atom stereocenters. The molecule has 2 fully saturated rings. The van der Waals surface area contributed by atoms with Gasteiger partial charge in [0.25, 0.3) is 0 Å². The van der Waals surface area contributed by atoms with Gasteiger partial charge in [-0.2, -0.15) is 5.10 Å². The molecule has 1 amide bonds. The number of ether oxygens (including phenoxy) is 1. The Morgan fingerprint density at radius 1 is 1.17 bits per heavy atom. The number of carbonyl (C=O) groups is 1. The van der Waals surface area contributed by atoms with Gasteiger partial charge >= 0.3 is 0 Å². The normalized spacial score (nSPS) is 27.6. The van der Waals surface area contributed by atoms with E-state index in [0.29, 0.717) is 5.92 Å². The molecule has 6 heteroatoms. The van der Waals surface area contributed by atoms with E-state index in [0.717, 1.165) is 73.5 Å². The lowest BCUT2D eigenvalue weighted by Crippen LogP contribution is -2.37. The van der Waals surface area contributed by atoms with Crippen molar-refractivity contribution in [2.45, 2.75) is 24.2 Å². The van der Waals surface area contributed by atoms with Crippen LogP contribution in [0.1, 0.15) is 35.6 Å². The summed E-state index contributed by atoms with van der Waals surface area (Å²) >= 11 is 0. The molecule has 0 bridgehead atoms. The summed E-state index contributed by atoms with van der Waals surface area (Å²) in [5, 5.41) is 12.0. The van der Waals surface area contributed by atoms with E-state index in [9.17, 15) is 4.79 Å². The van der Waals surface area contributed by atoms with Gasteiger partial charge in [0.1, 0.15) is 0 Å². The maximum atomic E-state index is 12.9. The minimum absolute atomic E-state index is 0.129. The van der Waals surface area contributed by atoms with Crippen molar-refractivity contribution in [2.75, 3.05) is 38.2 Å². The number of para-hydroxylation sites is 1. The Morgan fingerprint density at radius 2 is 2.06 bits per heavy atom. The summed E-state index contributed by atoms with van der Waals surface area (Å²) in [4.78, 5) is 15.3. The number of anilines is 1. The first-order valence-electron chi connectivity index (χ1n) is 13.0. The van der Waals surface area contributed by atoms with Crippen LogP contribution in [0.15, 0.2) is 72.3 Å². The number of amides is 1. The number of H-pyrrole nitrogens is 1. The number of nitrogens with one attached hydrogen (secondary N) is 2. The number of rotatable bonds is 5. The lowest BCUT2D eigenvalue weighted by atomic mass is 9.92. The number of aromatic nitrogens is 2. The number of morpholine rings is 1. The lowest BCUT2D eigenvalue weighted by Gasteiger charge is -2.27. The first-order valence-corrected chi connectivity index (χ1v) is 13.0. The largest absolute Gasteiger partial charge is 0.379 e. The van der Waals surface area contributed by atoms with Gasteiger partial charge in [0, 0.05) is 36.6 Å². The Balaban J connectivity index is 1.04. The first-order chi connectivity index (χ1) is 17.7. The number of carbonyl (C=O) groups excluding carboxylic acids is 1. The monoisotopic (exact) mass is 478 g/mol. The summed E-state index contributed by atoms with van der Waals surface area (Å²) in [6, 6.07) is 14.6. The number of benzene rings is 2. The van der Waals surface area contributed by atoms with Gasteiger partial charge in [0.15, 0.2) is 0 Å². The van der Waals surface area contributed by atoms with Crippen LogP contribution in [-0.4, -0.2) is 53.9 Å². The number of hydrogen-bond acceptors (Lipinski definition) is 4. The Labute approximate surface area is 210 Å². The summed E-state index contributed by atoms with van der Waals surface area (Å²) in [6.45, 7) is 4.73. The molecule has 2 N–H and O–H groups in total. The molecule has 2 aromatic carbocycles. The van der Waals surface area contributed by atoms with Crippen molar-refractivity contribution >= 4 is 28.6 Å². The van der Waals surface area contributed by atoms with Crippen LogP contribution in [0, 0.1) is 5.92 Å². The van der Waals surface area contributed by atoms with Crippen LogP contribution >= 0.6 is 0 Å². The molecule has 0 radical (unpaired) electrons. The van der Waals surface area contributed by atoms with Gasteiger partial charge in [-0.25, -0.2) is 0 Å². The number of aromatic amines is 1. The molecule has 36 heavy (non-hydrogen) atoms. The van der Waals surface area contributed by atoms with Crippen molar-refractivity contribution in [1.82, 2.24) is 15.1 Å². The van der Waals surface area contributed by atoms with Crippen molar-refractivity contribution in [3.63, 3.8) is 0 Å². The van der Waals surface area contributed by atoms with Crippen LogP contribution in [0.2, 0.25) is 0 Å². The Bertz CT molecular complexity index is 1430. The van der Waals surface area contributed by atoms with E-state index in [1.807, 2.05) is 18.2 Å². The highest BCUT2D eigenvalue weighted by Crippen LogP contribution is 2.64. The fourth-order valence-corrected chi connectivity index (χ4v) is 6.13. The van der Waals surface area contributed by atoms with Crippen molar-refractivity contribution in [1.29, 1.82) is 0 Å². The van der Waals surface area contributed by atoms with Gasteiger partial charge in [-0.1, -0.05) is 54.6 Å². The fourth-order valence-electron chi connectivity index (χ4n) is 6.13. The van der Waals surface area contributed by atoms with Crippen molar-refractivity contribution < 1.29 is 9.53 Å². The molecule has 4 aliphatic rings. The van der Waals surface area contributed by atoms with Crippen LogP contribution in [0.5, 0.6) is 0 Å². The topological polar surface area (TPSA) is 70.2 Å². The van der Waals surface area contributed by atoms with Gasteiger partial charge in [-0.05, 0) is 53.7 Å². The predicted octanol–water partition coefficient (Wildman–Crippen LogP) is 4.79. The smallest absolute Gasteiger partial charge is 0.235 e. The zero-order valence-corrected chi connectivity index (χ0v) is 20.2. The van der Waals surface area contributed by atoms with Crippen LogP contribution in [0.25, 0.3) is 17.0 Å². The van der Waals surface area contributed by atoms with E-state index in [4.69, 9.17) is 4.74 Å². The van der Waals surface area contributed by atoms with Crippen LogP contribution in [0.4, 0.5) is 5.69 Å². The molecule has 1 saturated carbocycles. The second kappa shape index (κ2) is 8.57. The number of hydrogen-bond donors (Lipinski definition) is 2. The van der Waals surface area contributed by atoms with Crippen LogP contribution in [-0.2, 0) is 14.9 Å². The minimum Gasteiger partial charge on any atom is -0.379 e. The maximum absolute atomic E-state index is 12.9. The molecule has 2 aliphatic carbocycles. The SMILES string of the molecule is O=C1Nc2ccccc2C12CC2c1ccc2c(/C=C/C3C=CC(CN4CCOCC4)=CC3)n[nH]c2c1. The molecule has 1 saturated heterocycles. The van der Waals surface area contributed by atoms with Gasteiger partial charge in [-0.3, -0.25) is 14.8 Å². The molecular formula is C30H30N4O2. The third-order valence-corrected chi connectivity index (χ3v) is 8.26. The second-order valence-electron chi connectivity index (χ2n) is 10.4. The van der Waals surface area contributed by atoms with Crippen molar-refractivity contribution in [3.8, 4) is 0 Å². The Hall–Kier alpha value is -3.48. The van der Waals surface area contributed by atoms with Gasteiger partial charge in [-0.15, -0.1) is 0 Å². The van der Waals surface area contributed by atoms with Crippen molar-refractivity contribution in [2.24, 2.45) is 5.92 Å². The predicted molar refractivity (Wildman–Crippen MR) is 142 cm³/mol. The second-order valence-corrected chi connectivity index (χ2v) is 10.4. The van der Waals surface area contributed by atoms with E-state index < -0.39 is 5.41 Å². The van der Waals surface area contributed by atoms with Crippen LogP contribution < -0.4 is 5.32 Å². The average molecular weight is 479 g/mol. The summed E-state index contributed by atoms with van der Waals surface area (Å²) in [7, 11) is 0. The minimum atomic E-state index is -0.408. The van der Waals surface area contributed by atoms with Crippen LogP contribution in [0.3, 0.4) is 0 Å². The number of allylic oxidation sites excluding steroid dienone is 3. The Kier molecular flexibility index (Phi) is 5.19. The molecule has 182 valence electrons. The number of nitrogens with zero attached hydrogens (tertiary/aromatic N) is 2. The molecule has 6 nitrogen and oxygen atoms in total. The third-order valence-electron chi connectivity index (χ3n) is 8.26. The first kappa shape index (κ1) is 21.8. The summed E-state index contributed by atoms with van der Waals surface area (Å²) in [5.74, 6) is 0.722. The van der Waals surface area contributed by atoms with Gasteiger partial charge < -0.3 is 10.1 Å². The number of fused-ring (bicyclic) bond motifs is 3. The van der Waals surface area contributed by atoms with Crippen molar-refractivity contribution in [3.05, 3.63) is 89.2 Å². The molecule has 2 aliphatic heterocycles. The standard InChI is InChI=1S/C30H30N4O2/c35-29-30(24-3-1-2-4-27(24)31-29)18-25(30)22-10-11-23-26(32-33-28(23)17-22)12-9-20-5-7-21(8-6-20)19-34-13-15-36-16-14-34/h1-5,7-12,17,20,25H,6,13-16,18-19H2,(H,31,35)(H,32,33)/b12-9+. The zero-order valence-electron chi connectivity index (χ0n) is 20.2. The molecule has 3 unspecified atom stereocenters. The molecule has 3 aromatic rings.